The molecule has 0 amide bonds. The number of allylic oxidation sites excluding steroid dienone is 6. The Hall–Kier alpha value is -2.29. The van der Waals surface area contributed by atoms with Gasteiger partial charge in [-0.2, -0.15) is 0 Å². The third-order valence-corrected chi connectivity index (χ3v) is 3.96. The predicted molar refractivity (Wildman–Crippen MR) is 94.5 cm³/mol. The number of nitrogens with zero attached hydrogens (tertiary/aromatic N) is 1. The molecule has 2 N–H and O–H groups in total. The van der Waals surface area contributed by atoms with Crippen molar-refractivity contribution in [2.45, 2.75) is 19.8 Å². The standard InChI is InChI=1S/C19H23FN2/c1-4-22(3)18-11-12-19(21)16(13-18)6-5-14(2)15-7-9-17(20)10-8-15/h5-7,9,11-13H,2,4,8,10,21H2,1,3H3/b6-5-. The molecular formula is C19H23FN2. The molecule has 0 saturated heterocycles. The molecule has 22 heavy (non-hydrogen) atoms. The highest BCUT2D eigenvalue weighted by atomic mass is 19.1. The zero-order valence-corrected chi connectivity index (χ0v) is 13.3. The number of nitrogen functional groups attached to an aromatic ring is 1. The van der Waals surface area contributed by atoms with Gasteiger partial charge >= 0.3 is 0 Å². The van der Waals surface area contributed by atoms with Gasteiger partial charge in [-0.15, -0.1) is 0 Å². The molecule has 0 bridgehead atoms. The van der Waals surface area contributed by atoms with Gasteiger partial charge in [0.1, 0.15) is 5.83 Å². The SMILES string of the molecule is C=C(/C=C\c1cc(N(C)CC)ccc1N)C1=CC=C(F)CC1. The smallest absolute Gasteiger partial charge is 0.100 e. The average Bonchev–Trinajstić information content (AvgIpc) is 2.53. The second-order valence-electron chi connectivity index (χ2n) is 5.49. The fourth-order valence-electron chi connectivity index (χ4n) is 2.30. The Morgan fingerprint density at radius 1 is 1.36 bits per heavy atom. The first kappa shape index (κ1) is 16.1. The van der Waals surface area contributed by atoms with Gasteiger partial charge in [0.05, 0.1) is 0 Å². The van der Waals surface area contributed by atoms with Gasteiger partial charge in [0, 0.05) is 31.4 Å². The number of hydrogen-bond donors (Lipinski definition) is 1. The molecule has 3 heteroatoms. The molecule has 2 rings (SSSR count). The van der Waals surface area contributed by atoms with Gasteiger partial charge in [-0.05, 0) is 54.3 Å². The lowest BCUT2D eigenvalue weighted by atomic mass is 9.97. The van der Waals surface area contributed by atoms with Gasteiger partial charge in [-0.25, -0.2) is 4.39 Å². The van der Waals surface area contributed by atoms with Crippen molar-refractivity contribution in [3.63, 3.8) is 0 Å². The maximum absolute atomic E-state index is 13.0. The molecule has 0 unspecified atom stereocenters. The lowest BCUT2D eigenvalue weighted by Crippen LogP contribution is -2.15. The van der Waals surface area contributed by atoms with Crippen molar-refractivity contribution in [3.8, 4) is 0 Å². The second kappa shape index (κ2) is 7.12. The fourth-order valence-corrected chi connectivity index (χ4v) is 2.30. The molecule has 0 aliphatic heterocycles. The van der Waals surface area contributed by atoms with Crippen LogP contribution in [-0.4, -0.2) is 13.6 Å². The normalized spacial score (nSPS) is 14.7. The highest BCUT2D eigenvalue weighted by Gasteiger charge is 2.07. The molecule has 0 atom stereocenters. The lowest BCUT2D eigenvalue weighted by molar-refractivity contribution is 0.583. The summed E-state index contributed by atoms with van der Waals surface area (Å²) in [7, 11) is 2.05. The number of rotatable bonds is 5. The van der Waals surface area contributed by atoms with E-state index < -0.39 is 0 Å². The van der Waals surface area contributed by atoms with Crippen LogP contribution in [0, 0.1) is 0 Å². The van der Waals surface area contributed by atoms with Crippen molar-refractivity contribution in [1.82, 2.24) is 0 Å². The third-order valence-electron chi connectivity index (χ3n) is 3.96. The van der Waals surface area contributed by atoms with Crippen molar-refractivity contribution in [2.24, 2.45) is 0 Å². The van der Waals surface area contributed by atoms with E-state index in [0.29, 0.717) is 12.8 Å². The summed E-state index contributed by atoms with van der Waals surface area (Å²) in [6.07, 6.45) is 8.39. The molecule has 0 aromatic heterocycles. The van der Waals surface area contributed by atoms with Crippen LogP contribution in [-0.2, 0) is 0 Å². The summed E-state index contributed by atoms with van der Waals surface area (Å²) >= 11 is 0. The number of benzene rings is 1. The van der Waals surface area contributed by atoms with Crippen molar-refractivity contribution in [1.29, 1.82) is 0 Å². The predicted octanol–water partition coefficient (Wildman–Crippen LogP) is 4.87. The minimum Gasteiger partial charge on any atom is -0.398 e. The van der Waals surface area contributed by atoms with Gasteiger partial charge < -0.3 is 10.6 Å². The van der Waals surface area contributed by atoms with Crippen molar-refractivity contribution >= 4 is 17.5 Å². The van der Waals surface area contributed by atoms with Crippen LogP contribution >= 0.6 is 0 Å². The topological polar surface area (TPSA) is 29.3 Å². The van der Waals surface area contributed by atoms with Crippen LogP contribution in [0.4, 0.5) is 15.8 Å². The van der Waals surface area contributed by atoms with Crippen LogP contribution in [0.3, 0.4) is 0 Å². The first-order valence-corrected chi connectivity index (χ1v) is 7.54. The van der Waals surface area contributed by atoms with Crippen LogP contribution in [0.1, 0.15) is 25.3 Å². The van der Waals surface area contributed by atoms with E-state index in [9.17, 15) is 4.39 Å². The van der Waals surface area contributed by atoms with Crippen molar-refractivity contribution in [2.75, 3.05) is 24.2 Å². The molecular weight excluding hydrogens is 275 g/mol. The molecule has 1 aliphatic rings. The van der Waals surface area contributed by atoms with Gasteiger partial charge in [-0.3, -0.25) is 0 Å². The minimum absolute atomic E-state index is 0.0694. The highest BCUT2D eigenvalue weighted by Crippen LogP contribution is 2.26. The number of hydrogen-bond acceptors (Lipinski definition) is 2. The summed E-state index contributed by atoms with van der Waals surface area (Å²) < 4.78 is 13.0. The summed E-state index contributed by atoms with van der Waals surface area (Å²) in [5.74, 6) is -0.0694. The Morgan fingerprint density at radius 2 is 2.14 bits per heavy atom. The average molecular weight is 298 g/mol. The molecule has 0 spiro atoms. The lowest BCUT2D eigenvalue weighted by Gasteiger charge is -2.18. The maximum Gasteiger partial charge on any atom is 0.100 e. The van der Waals surface area contributed by atoms with E-state index >= 15 is 0 Å². The summed E-state index contributed by atoms with van der Waals surface area (Å²) in [4.78, 5) is 2.16. The van der Waals surface area contributed by atoms with E-state index in [-0.39, 0.29) is 5.83 Å². The molecule has 0 saturated carbocycles. The first-order chi connectivity index (χ1) is 10.5. The zero-order valence-electron chi connectivity index (χ0n) is 13.3. The Balaban J connectivity index is 2.17. The van der Waals surface area contributed by atoms with E-state index in [1.807, 2.05) is 31.3 Å². The molecule has 0 radical (unpaired) electrons. The highest BCUT2D eigenvalue weighted by molar-refractivity contribution is 5.71. The van der Waals surface area contributed by atoms with Crippen LogP contribution in [0.2, 0.25) is 0 Å². The number of nitrogens with two attached hydrogens (primary N) is 1. The monoisotopic (exact) mass is 298 g/mol. The van der Waals surface area contributed by atoms with Gasteiger partial charge in [0.15, 0.2) is 0 Å². The zero-order chi connectivity index (χ0) is 16.1. The van der Waals surface area contributed by atoms with Gasteiger partial charge in [0.2, 0.25) is 0 Å². The molecule has 1 aromatic rings. The van der Waals surface area contributed by atoms with Crippen LogP contribution < -0.4 is 10.6 Å². The van der Waals surface area contributed by atoms with E-state index in [4.69, 9.17) is 5.73 Å². The maximum atomic E-state index is 13.0. The molecule has 116 valence electrons. The van der Waals surface area contributed by atoms with E-state index in [1.54, 1.807) is 6.08 Å². The summed E-state index contributed by atoms with van der Waals surface area (Å²) in [5.41, 5.74) is 10.8. The largest absolute Gasteiger partial charge is 0.398 e. The Morgan fingerprint density at radius 3 is 2.77 bits per heavy atom. The number of anilines is 2. The molecule has 1 aromatic carbocycles. The number of halogens is 1. The van der Waals surface area contributed by atoms with E-state index in [1.165, 1.54) is 6.08 Å². The van der Waals surface area contributed by atoms with Crippen LogP contribution in [0.15, 0.2) is 60.0 Å². The van der Waals surface area contributed by atoms with Crippen molar-refractivity contribution in [3.05, 3.63) is 65.5 Å². The summed E-state index contributed by atoms with van der Waals surface area (Å²) in [5, 5.41) is 0. The summed E-state index contributed by atoms with van der Waals surface area (Å²) in [6, 6.07) is 6.00. The van der Waals surface area contributed by atoms with Crippen LogP contribution in [0.25, 0.3) is 6.08 Å². The molecule has 2 nitrogen and oxygen atoms in total. The molecule has 1 aliphatic carbocycles. The van der Waals surface area contributed by atoms with Gasteiger partial charge in [-0.1, -0.05) is 24.8 Å². The Bertz CT molecular complexity index is 653. The molecule has 0 fully saturated rings. The Kier molecular flexibility index (Phi) is 5.21. The quantitative estimate of drug-likeness (QED) is 0.621. The van der Waals surface area contributed by atoms with Crippen LogP contribution in [0.5, 0.6) is 0 Å². The van der Waals surface area contributed by atoms with Crippen molar-refractivity contribution < 1.29 is 4.39 Å². The van der Waals surface area contributed by atoms with Gasteiger partial charge in [0.25, 0.3) is 0 Å². The third kappa shape index (κ3) is 3.88. The van der Waals surface area contributed by atoms with E-state index in [2.05, 4.69) is 24.5 Å². The summed E-state index contributed by atoms with van der Waals surface area (Å²) in [6.45, 7) is 7.11. The molecule has 0 heterocycles. The first-order valence-electron chi connectivity index (χ1n) is 7.54. The second-order valence-corrected chi connectivity index (χ2v) is 5.49. The van der Waals surface area contributed by atoms with E-state index in [0.717, 1.165) is 34.6 Å². The minimum atomic E-state index is -0.0694. The Labute approximate surface area is 132 Å². The fraction of sp³-hybridized carbons (Fsp3) is 0.263.